The highest BCUT2D eigenvalue weighted by atomic mass is 32.2. The Labute approximate surface area is 75.1 Å². The Morgan fingerprint density at radius 3 is 3.00 bits per heavy atom. The van der Waals surface area contributed by atoms with Gasteiger partial charge in [0.1, 0.15) is 0 Å². The van der Waals surface area contributed by atoms with Crippen molar-refractivity contribution < 1.29 is 4.79 Å². The molecule has 0 unspecified atom stereocenters. The minimum Gasteiger partial charge on any atom is -0.321 e. The Hall–Kier alpha value is -0.800. The molecule has 0 radical (unpaired) electrons. The zero-order valence-electron chi connectivity index (χ0n) is 6.49. The van der Waals surface area contributed by atoms with Crippen molar-refractivity contribution in [2.45, 2.75) is 10.9 Å². The molecule has 1 aliphatic heterocycles. The Kier molecular flexibility index (Phi) is 1.90. The molecule has 1 heterocycles. The molecule has 0 saturated carbocycles. The van der Waals surface area contributed by atoms with Crippen molar-refractivity contribution in [1.29, 1.82) is 0 Å². The summed E-state index contributed by atoms with van der Waals surface area (Å²) in [6.45, 7) is 0. The lowest BCUT2D eigenvalue weighted by Gasteiger charge is -2.18. The number of benzene rings is 1. The number of carbonyl (C=O) groups is 1. The summed E-state index contributed by atoms with van der Waals surface area (Å²) in [6.07, 6.45) is 0. The van der Waals surface area contributed by atoms with Crippen molar-refractivity contribution in [2.75, 3.05) is 5.75 Å². The van der Waals surface area contributed by atoms with Crippen molar-refractivity contribution in [3.05, 3.63) is 29.8 Å². The largest absolute Gasteiger partial charge is 0.321 e. The van der Waals surface area contributed by atoms with E-state index in [0.29, 0.717) is 5.75 Å². The quantitative estimate of drug-likeness (QED) is 0.653. The molecule has 1 aromatic carbocycles. The summed E-state index contributed by atoms with van der Waals surface area (Å²) in [5.41, 5.74) is 6.40. The van der Waals surface area contributed by atoms with Crippen LogP contribution in [0, 0.1) is 0 Å². The highest BCUT2D eigenvalue weighted by Gasteiger charge is 2.23. The lowest BCUT2D eigenvalue weighted by atomic mass is 10.1. The van der Waals surface area contributed by atoms with Gasteiger partial charge in [-0.2, -0.15) is 0 Å². The molecule has 0 fully saturated rings. The molecule has 0 amide bonds. The third-order valence-corrected chi connectivity index (χ3v) is 3.10. The first kappa shape index (κ1) is 7.83. The number of hydrogen-bond acceptors (Lipinski definition) is 3. The molecular formula is C9H9NOS. The minimum absolute atomic E-state index is 0.0735. The number of ketones is 1. The van der Waals surface area contributed by atoms with Crippen LogP contribution in [0.2, 0.25) is 0 Å². The zero-order chi connectivity index (χ0) is 8.55. The van der Waals surface area contributed by atoms with E-state index in [0.717, 1.165) is 10.5 Å². The van der Waals surface area contributed by atoms with Crippen LogP contribution in [0.15, 0.2) is 29.2 Å². The van der Waals surface area contributed by atoms with Gasteiger partial charge in [0.05, 0.1) is 6.04 Å². The number of fused-ring (bicyclic) bond motifs is 1. The summed E-state index contributed by atoms with van der Waals surface area (Å²) >= 11 is 1.65. The van der Waals surface area contributed by atoms with E-state index in [9.17, 15) is 4.79 Å². The summed E-state index contributed by atoms with van der Waals surface area (Å²) in [6, 6.07) is 7.29. The van der Waals surface area contributed by atoms with Crippen molar-refractivity contribution in [3.63, 3.8) is 0 Å². The average Bonchev–Trinajstić information content (AvgIpc) is 2.12. The number of carbonyl (C=O) groups excluding carboxylic acids is 1. The van der Waals surface area contributed by atoms with Gasteiger partial charge in [-0.1, -0.05) is 18.2 Å². The summed E-state index contributed by atoms with van der Waals surface area (Å²) in [5.74, 6) is 0.778. The Balaban J connectivity index is 2.49. The maximum atomic E-state index is 11.5. The summed E-state index contributed by atoms with van der Waals surface area (Å²) in [5, 5.41) is 0. The van der Waals surface area contributed by atoms with Crippen LogP contribution >= 0.6 is 11.8 Å². The molecule has 12 heavy (non-hydrogen) atoms. The maximum Gasteiger partial charge on any atom is 0.181 e. The van der Waals surface area contributed by atoms with E-state index in [1.165, 1.54) is 0 Å². The second kappa shape index (κ2) is 2.92. The normalized spacial score (nSPS) is 22.1. The van der Waals surface area contributed by atoms with Gasteiger partial charge in [-0.05, 0) is 6.07 Å². The van der Waals surface area contributed by atoms with Crippen LogP contribution in [0.25, 0.3) is 0 Å². The lowest BCUT2D eigenvalue weighted by molar-refractivity contribution is 0.0964. The minimum atomic E-state index is -0.315. The molecular weight excluding hydrogens is 170 g/mol. The summed E-state index contributed by atoms with van der Waals surface area (Å²) in [7, 11) is 0. The first-order chi connectivity index (χ1) is 5.79. The van der Waals surface area contributed by atoms with E-state index in [-0.39, 0.29) is 11.8 Å². The van der Waals surface area contributed by atoms with Crippen LogP contribution in [0.3, 0.4) is 0 Å². The van der Waals surface area contributed by atoms with E-state index >= 15 is 0 Å². The molecule has 2 N–H and O–H groups in total. The molecule has 0 aliphatic carbocycles. The van der Waals surface area contributed by atoms with E-state index in [2.05, 4.69) is 0 Å². The van der Waals surface area contributed by atoms with Crippen LogP contribution < -0.4 is 5.73 Å². The van der Waals surface area contributed by atoms with Gasteiger partial charge in [-0.25, -0.2) is 0 Å². The van der Waals surface area contributed by atoms with Gasteiger partial charge < -0.3 is 5.73 Å². The van der Waals surface area contributed by atoms with E-state index < -0.39 is 0 Å². The highest BCUT2D eigenvalue weighted by Crippen LogP contribution is 2.28. The Morgan fingerprint density at radius 2 is 2.17 bits per heavy atom. The highest BCUT2D eigenvalue weighted by molar-refractivity contribution is 7.99. The fourth-order valence-corrected chi connectivity index (χ4v) is 2.26. The number of thioether (sulfide) groups is 1. The molecule has 1 aromatic rings. The first-order valence-corrected chi connectivity index (χ1v) is 4.79. The van der Waals surface area contributed by atoms with Crippen LogP contribution in [-0.4, -0.2) is 17.6 Å². The zero-order valence-corrected chi connectivity index (χ0v) is 7.30. The molecule has 1 aliphatic rings. The molecule has 3 heteroatoms. The summed E-state index contributed by atoms with van der Waals surface area (Å²) < 4.78 is 0. The van der Waals surface area contributed by atoms with Crippen molar-refractivity contribution in [3.8, 4) is 0 Å². The van der Waals surface area contributed by atoms with Crippen LogP contribution in [0.5, 0.6) is 0 Å². The lowest BCUT2D eigenvalue weighted by Crippen LogP contribution is -2.35. The second-order valence-corrected chi connectivity index (χ2v) is 3.84. The van der Waals surface area contributed by atoms with Crippen LogP contribution in [0.4, 0.5) is 0 Å². The molecule has 1 atom stereocenters. The van der Waals surface area contributed by atoms with E-state index in [1.807, 2.05) is 24.3 Å². The number of rotatable bonds is 0. The Morgan fingerprint density at radius 1 is 1.42 bits per heavy atom. The number of nitrogens with two attached hydrogens (primary N) is 1. The smallest absolute Gasteiger partial charge is 0.181 e. The standard InChI is InChI=1S/C9H9NOS/c10-7-5-12-8-4-2-1-3-6(8)9(7)11/h1-4,7H,5,10H2/t7-/m1/s1. The maximum absolute atomic E-state index is 11.5. The first-order valence-electron chi connectivity index (χ1n) is 3.80. The van der Waals surface area contributed by atoms with Gasteiger partial charge >= 0.3 is 0 Å². The molecule has 0 aromatic heterocycles. The van der Waals surface area contributed by atoms with Gasteiger partial charge in [-0.3, -0.25) is 4.79 Å². The van der Waals surface area contributed by atoms with Crippen LogP contribution in [-0.2, 0) is 0 Å². The third kappa shape index (κ3) is 1.15. The van der Waals surface area contributed by atoms with E-state index in [4.69, 9.17) is 5.73 Å². The second-order valence-electron chi connectivity index (χ2n) is 2.78. The van der Waals surface area contributed by atoms with Crippen molar-refractivity contribution in [2.24, 2.45) is 5.73 Å². The fourth-order valence-electron chi connectivity index (χ4n) is 1.25. The SMILES string of the molecule is N[C@@H]1CSc2ccccc2C1=O. The fraction of sp³-hybridized carbons (Fsp3) is 0.222. The topological polar surface area (TPSA) is 43.1 Å². The molecule has 0 saturated heterocycles. The van der Waals surface area contributed by atoms with Gasteiger partial charge in [0.25, 0.3) is 0 Å². The van der Waals surface area contributed by atoms with E-state index in [1.54, 1.807) is 11.8 Å². The van der Waals surface area contributed by atoms with Gasteiger partial charge in [0.15, 0.2) is 5.78 Å². The van der Waals surface area contributed by atoms with Gasteiger partial charge in [0.2, 0.25) is 0 Å². The molecule has 2 rings (SSSR count). The monoisotopic (exact) mass is 179 g/mol. The average molecular weight is 179 g/mol. The number of hydrogen-bond donors (Lipinski definition) is 1. The summed E-state index contributed by atoms with van der Waals surface area (Å²) in [4.78, 5) is 12.5. The Bertz CT molecular complexity index is 324. The van der Waals surface area contributed by atoms with Gasteiger partial charge in [0, 0.05) is 16.2 Å². The predicted molar refractivity (Wildman–Crippen MR) is 49.5 cm³/mol. The van der Waals surface area contributed by atoms with Crippen molar-refractivity contribution >= 4 is 17.5 Å². The molecule has 2 nitrogen and oxygen atoms in total. The number of Topliss-reactive ketones (excluding diaryl/α,β-unsaturated/α-hetero) is 1. The van der Waals surface area contributed by atoms with Gasteiger partial charge in [-0.15, -0.1) is 11.8 Å². The predicted octanol–water partition coefficient (Wildman–Crippen LogP) is 1.30. The molecule has 0 spiro atoms. The van der Waals surface area contributed by atoms with Crippen LogP contribution in [0.1, 0.15) is 10.4 Å². The molecule has 0 bridgehead atoms. The third-order valence-electron chi connectivity index (χ3n) is 1.91. The van der Waals surface area contributed by atoms with Crippen molar-refractivity contribution in [1.82, 2.24) is 0 Å². The molecule has 62 valence electrons.